The number of aromatic nitrogens is 1. The second-order valence-corrected chi connectivity index (χ2v) is 6.70. The molecule has 26 heavy (non-hydrogen) atoms. The van der Waals surface area contributed by atoms with E-state index in [-0.39, 0.29) is 24.2 Å². The lowest BCUT2D eigenvalue weighted by molar-refractivity contribution is -0.385. The summed E-state index contributed by atoms with van der Waals surface area (Å²) < 4.78 is 1.11. The van der Waals surface area contributed by atoms with Crippen LogP contribution in [0.5, 0.6) is 0 Å². The second kappa shape index (κ2) is 7.51. The van der Waals surface area contributed by atoms with E-state index < -0.39 is 10.5 Å². The predicted octanol–water partition coefficient (Wildman–Crippen LogP) is 2.58. The minimum atomic E-state index is -0.574. The molecule has 2 aromatic rings. The molecule has 0 radical (unpaired) electrons. The van der Waals surface area contributed by atoms with Crippen LogP contribution >= 0.6 is 0 Å². The molecule has 7 nitrogen and oxygen atoms in total. The van der Waals surface area contributed by atoms with Gasteiger partial charge in [-0.25, -0.2) is 0 Å². The molecule has 1 aliphatic rings. The molecule has 7 heteroatoms. The van der Waals surface area contributed by atoms with Crippen molar-refractivity contribution in [3.63, 3.8) is 0 Å². The number of nitro groups is 1. The minimum Gasteiger partial charge on any atom is -0.334 e. The van der Waals surface area contributed by atoms with Gasteiger partial charge in [0.25, 0.3) is 11.2 Å². The monoisotopic (exact) mass is 355 g/mol. The summed E-state index contributed by atoms with van der Waals surface area (Å²) in [4.78, 5) is 37.0. The van der Waals surface area contributed by atoms with Crippen molar-refractivity contribution in [1.82, 2.24) is 9.47 Å². The van der Waals surface area contributed by atoms with Crippen molar-refractivity contribution in [3.8, 4) is 0 Å². The van der Waals surface area contributed by atoms with E-state index in [9.17, 15) is 19.7 Å². The molecule has 1 fully saturated rings. The molecule has 0 saturated heterocycles. The van der Waals surface area contributed by atoms with Crippen molar-refractivity contribution in [2.75, 3.05) is 0 Å². The van der Waals surface area contributed by atoms with E-state index in [0.717, 1.165) is 41.3 Å². The predicted molar refractivity (Wildman–Crippen MR) is 96.5 cm³/mol. The molecule has 0 N–H and O–H groups in total. The Morgan fingerprint density at radius 1 is 1.27 bits per heavy atom. The minimum absolute atomic E-state index is 0.0668. The number of carbonyl (C=O) groups is 1. The Kier molecular flexibility index (Phi) is 5.16. The molecular weight excluding hydrogens is 334 g/mol. The van der Waals surface area contributed by atoms with Crippen LogP contribution in [0, 0.1) is 16.0 Å². The van der Waals surface area contributed by atoms with Crippen LogP contribution in [0.15, 0.2) is 53.5 Å². The van der Waals surface area contributed by atoms with Crippen LogP contribution in [0.2, 0.25) is 0 Å². The van der Waals surface area contributed by atoms with Gasteiger partial charge < -0.3 is 4.90 Å². The molecule has 136 valence electrons. The van der Waals surface area contributed by atoms with Gasteiger partial charge in [-0.15, -0.1) is 0 Å². The van der Waals surface area contributed by atoms with Gasteiger partial charge in [-0.05, 0) is 31.2 Å². The standard InChI is InChI=1S/C19H21N3O4/c1-14(16-7-8-16)21(11-15-5-3-2-4-6-15)19(24)13-20-12-17(22(25)26)9-10-18(20)23/h2-6,9-10,12,14,16H,7-8,11,13H2,1H3. The molecule has 0 bridgehead atoms. The number of pyridine rings is 1. The lowest BCUT2D eigenvalue weighted by Gasteiger charge is -2.30. The first-order valence-electron chi connectivity index (χ1n) is 8.64. The van der Waals surface area contributed by atoms with E-state index >= 15 is 0 Å². The van der Waals surface area contributed by atoms with Gasteiger partial charge >= 0.3 is 0 Å². The molecule has 1 heterocycles. The number of amides is 1. The van der Waals surface area contributed by atoms with Crippen LogP contribution < -0.4 is 5.56 Å². The first kappa shape index (κ1) is 17.8. The SMILES string of the molecule is CC(C1CC1)N(Cc1ccccc1)C(=O)Cn1cc([N+](=O)[O-])ccc1=O. The van der Waals surface area contributed by atoms with Gasteiger partial charge in [-0.2, -0.15) is 0 Å². The lowest BCUT2D eigenvalue weighted by atomic mass is 10.1. The summed E-state index contributed by atoms with van der Waals surface area (Å²) in [6.07, 6.45) is 3.32. The maximum Gasteiger partial charge on any atom is 0.285 e. The number of carbonyl (C=O) groups excluding carboxylic acids is 1. The summed E-state index contributed by atoms with van der Waals surface area (Å²) in [5.41, 5.74) is 0.379. The van der Waals surface area contributed by atoms with Crippen LogP contribution in [-0.4, -0.2) is 26.3 Å². The van der Waals surface area contributed by atoms with Gasteiger partial charge in [0.05, 0.1) is 11.1 Å². The van der Waals surface area contributed by atoms with Gasteiger partial charge in [-0.3, -0.25) is 24.3 Å². The molecule has 1 aliphatic carbocycles. The van der Waals surface area contributed by atoms with E-state index in [0.29, 0.717) is 12.5 Å². The Morgan fingerprint density at radius 3 is 2.58 bits per heavy atom. The Morgan fingerprint density at radius 2 is 1.96 bits per heavy atom. The van der Waals surface area contributed by atoms with E-state index in [2.05, 4.69) is 0 Å². The Balaban J connectivity index is 1.82. The number of hydrogen-bond acceptors (Lipinski definition) is 4. The highest BCUT2D eigenvalue weighted by molar-refractivity contribution is 5.76. The summed E-state index contributed by atoms with van der Waals surface area (Å²) in [6, 6.07) is 12.0. The highest BCUT2D eigenvalue weighted by Crippen LogP contribution is 2.35. The zero-order valence-corrected chi connectivity index (χ0v) is 14.6. The summed E-state index contributed by atoms with van der Waals surface area (Å²) in [7, 11) is 0. The lowest BCUT2D eigenvalue weighted by Crippen LogP contribution is -2.42. The quantitative estimate of drug-likeness (QED) is 0.564. The van der Waals surface area contributed by atoms with Gasteiger partial charge in [0.1, 0.15) is 6.54 Å². The van der Waals surface area contributed by atoms with Crippen LogP contribution in [0.1, 0.15) is 25.3 Å². The van der Waals surface area contributed by atoms with Crippen LogP contribution in [-0.2, 0) is 17.9 Å². The molecule has 1 amide bonds. The van der Waals surface area contributed by atoms with E-state index in [1.54, 1.807) is 4.90 Å². The summed E-state index contributed by atoms with van der Waals surface area (Å²) in [6.45, 7) is 2.28. The number of rotatable bonds is 7. The summed E-state index contributed by atoms with van der Waals surface area (Å²) >= 11 is 0. The maximum absolute atomic E-state index is 12.9. The highest BCUT2D eigenvalue weighted by atomic mass is 16.6. The fraction of sp³-hybridized carbons (Fsp3) is 0.368. The van der Waals surface area contributed by atoms with E-state index in [4.69, 9.17) is 0 Å². The van der Waals surface area contributed by atoms with Gasteiger partial charge in [-0.1, -0.05) is 30.3 Å². The van der Waals surface area contributed by atoms with Crippen molar-refractivity contribution < 1.29 is 9.72 Å². The molecule has 1 aromatic heterocycles. The molecule has 1 aromatic carbocycles. The third-order valence-corrected chi connectivity index (χ3v) is 4.80. The normalized spacial score (nSPS) is 14.7. The average molecular weight is 355 g/mol. The Hall–Kier alpha value is -2.96. The van der Waals surface area contributed by atoms with Gasteiger partial charge in [0, 0.05) is 24.7 Å². The number of nitrogens with zero attached hydrogens (tertiary/aromatic N) is 3. The zero-order chi connectivity index (χ0) is 18.7. The van der Waals surface area contributed by atoms with Gasteiger partial charge in [0.2, 0.25) is 5.91 Å². The molecule has 3 rings (SSSR count). The number of hydrogen-bond donors (Lipinski definition) is 0. The Labute approximate surface area is 151 Å². The first-order chi connectivity index (χ1) is 12.5. The van der Waals surface area contributed by atoms with Crippen LogP contribution in [0.4, 0.5) is 5.69 Å². The smallest absolute Gasteiger partial charge is 0.285 e. The van der Waals surface area contributed by atoms with Crippen molar-refractivity contribution in [3.05, 3.63) is 74.7 Å². The fourth-order valence-corrected chi connectivity index (χ4v) is 3.06. The van der Waals surface area contributed by atoms with E-state index in [1.807, 2.05) is 37.3 Å². The van der Waals surface area contributed by atoms with Crippen LogP contribution in [0.3, 0.4) is 0 Å². The van der Waals surface area contributed by atoms with Crippen molar-refractivity contribution in [1.29, 1.82) is 0 Å². The third kappa shape index (κ3) is 4.17. The van der Waals surface area contributed by atoms with Crippen molar-refractivity contribution in [2.45, 2.75) is 38.9 Å². The second-order valence-electron chi connectivity index (χ2n) is 6.70. The van der Waals surface area contributed by atoms with Crippen molar-refractivity contribution in [2.24, 2.45) is 5.92 Å². The highest BCUT2D eigenvalue weighted by Gasteiger charge is 2.34. The molecule has 1 saturated carbocycles. The Bertz CT molecular complexity index is 859. The summed E-state index contributed by atoms with van der Waals surface area (Å²) in [5.74, 6) is 0.264. The molecule has 1 unspecified atom stereocenters. The number of benzene rings is 1. The van der Waals surface area contributed by atoms with Gasteiger partial charge in [0.15, 0.2) is 0 Å². The van der Waals surface area contributed by atoms with Crippen LogP contribution in [0.25, 0.3) is 0 Å². The van der Waals surface area contributed by atoms with E-state index in [1.165, 1.54) is 0 Å². The third-order valence-electron chi connectivity index (χ3n) is 4.80. The molecular formula is C19H21N3O4. The zero-order valence-electron chi connectivity index (χ0n) is 14.6. The van der Waals surface area contributed by atoms with Crippen molar-refractivity contribution >= 4 is 11.6 Å². The first-order valence-corrected chi connectivity index (χ1v) is 8.64. The maximum atomic E-state index is 12.9. The fourth-order valence-electron chi connectivity index (χ4n) is 3.06. The summed E-state index contributed by atoms with van der Waals surface area (Å²) in [5, 5.41) is 10.9. The average Bonchev–Trinajstić information content (AvgIpc) is 3.46. The topological polar surface area (TPSA) is 85.4 Å². The molecule has 0 spiro atoms. The largest absolute Gasteiger partial charge is 0.334 e. The molecule has 1 atom stereocenters. The molecule has 0 aliphatic heterocycles.